The molecule has 1 amide bonds. The fourth-order valence-electron chi connectivity index (χ4n) is 2.67. The average molecular weight is 290 g/mol. The van der Waals surface area contributed by atoms with Crippen LogP contribution in [0.4, 0.5) is 5.69 Å². The third-order valence-electron chi connectivity index (χ3n) is 3.73. The quantitative estimate of drug-likeness (QED) is 0.876. The number of nitrogens with one attached hydrogen (secondary N) is 1. The smallest absolute Gasteiger partial charge is 0.252 e. The van der Waals surface area contributed by atoms with E-state index in [0.29, 0.717) is 6.04 Å². The number of nitrogens with zero attached hydrogens (tertiary/aromatic N) is 1. The average Bonchev–Trinajstić information content (AvgIpc) is 2.50. The third-order valence-corrected chi connectivity index (χ3v) is 3.73. The zero-order chi connectivity index (χ0) is 15.2. The Balaban J connectivity index is 2.13. The van der Waals surface area contributed by atoms with Gasteiger partial charge in [-0.25, -0.2) is 0 Å². The van der Waals surface area contributed by atoms with Gasteiger partial charge in [-0.15, -0.1) is 0 Å². The predicted molar refractivity (Wildman–Crippen MR) is 85.5 cm³/mol. The van der Waals surface area contributed by atoms with Crippen molar-refractivity contribution in [2.24, 2.45) is 0 Å². The Kier molecular flexibility index (Phi) is 5.76. The van der Waals surface area contributed by atoms with Gasteiger partial charge in [-0.3, -0.25) is 4.79 Å². The summed E-state index contributed by atoms with van der Waals surface area (Å²) in [5.41, 5.74) is 2.24. The maximum absolute atomic E-state index is 12.4. The van der Waals surface area contributed by atoms with Crippen molar-refractivity contribution in [3.8, 4) is 0 Å². The SMILES string of the molecule is CCCNC1CCN(C(=O)COC(C)C)c2ccccc21. The molecule has 1 N–H and O–H groups in total. The summed E-state index contributed by atoms with van der Waals surface area (Å²) in [6.45, 7) is 7.96. The molecule has 0 fully saturated rings. The normalized spacial score (nSPS) is 17.9. The van der Waals surface area contributed by atoms with Crippen molar-refractivity contribution in [1.29, 1.82) is 0 Å². The molecule has 1 aromatic carbocycles. The van der Waals surface area contributed by atoms with E-state index < -0.39 is 0 Å². The highest BCUT2D eigenvalue weighted by molar-refractivity contribution is 5.95. The van der Waals surface area contributed by atoms with Crippen LogP contribution in [0.15, 0.2) is 24.3 Å². The summed E-state index contributed by atoms with van der Waals surface area (Å²) >= 11 is 0. The first-order valence-corrected chi connectivity index (χ1v) is 7.87. The molecule has 1 heterocycles. The fraction of sp³-hybridized carbons (Fsp3) is 0.588. The number of hydrogen-bond donors (Lipinski definition) is 1. The van der Waals surface area contributed by atoms with Crippen LogP contribution >= 0.6 is 0 Å². The highest BCUT2D eigenvalue weighted by Gasteiger charge is 2.27. The number of amides is 1. The number of hydrogen-bond acceptors (Lipinski definition) is 3. The minimum absolute atomic E-state index is 0.0464. The monoisotopic (exact) mass is 290 g/mol. The predicted octanol–water partition coefficient (Wildman–Crippen LogP) is 2.89. The van der Waals surface area contributed by atoms with Crippen molar-refractivity contribution >= 4 is 11.6 Å². The van der Waals surface area contributed by atoms with Gasteiger partial charge < -0.3 is 15.0 Å². The van der Waals surface area contributed by atoms with Crippen LogP contribution in [0, 0.1) is 0 Å². The second kappa shape index (κ2) is 7.57. The number of benzene rings is 1. The number of ether oxygens (including phenoxy) is 1. The van der Waals surface area contributed by atoms with Crippen LogP contribution in [-0.4, -0.2) is 31.7 Å². The Morgan fingerprint density at radius 1 is 1.43 bits per heavy atom. The van der Waals surface area contributed by atoms with E-state index in [9.17, 15) is 4.79 Å². The van der Waals surface area contributed by atoms with Crippen molar-refractivity contribution in [1.82, 2.24) is 5.32 Å². The van der Waals surface area contributed by atoms with Gasteiger partial charge in [-0.05, 0) is 44.9 Å². The zero-order valence-corrected chi connectivity index (χ0v) is 13.3. The summed E-state index contributed by atoms with van der Waals surface area (Å²) in [7, 11) is 0. The fourth-order valence-corrected chi connectivity index (χ4v) is 2.67. The molecule has 4 nitrogen and oxygen atoms in total. The molecule has 116 valence electrons. The molecule has 1 aliphatic heterocycles. The number of anilines is 1. The summed E-state index contributed by atoms with van der Waals surface area (Å²) in [6, 6.07) is 8.52. The van der Waals surface area contributed by atoms with Crippen molar-refractivity contribution in [2.45, 2.75) is 45.8 Å². The van der Waals surface area contributed by atoms with Gasteiger partial charge in [0.2, 0.25) is 0 Å². The molecule has 0 saturated carbocycles. The van der Waals surface area contributed by atoms with Crippen molar-refractivity contribution in [3.05, 3.63) is 29.8 Å². The van der Waals surface area contributed by atoms with Gasteiger partial charge in [0.25, 0.3) is 5.91 Å². The molecule has 21 heavy (non-hydrogen) atoms. The van der Waals surface area contributed by atoms with E-state index >= 15 is 0 Å². The largest absolute Gasteiger partial charge is 0.369 e. The molecule has 0 aliphatic carbocycles. The van der Waals surface area contributed by atoms with Crippen LogP contribution in [0.5, 0.6) is 0 Å². The van der Waals surface area contributed by atoms with Gasteiger partial charge in [0.15, 0.2) is 0 Å². The second-order valence-corrected chi connectivity index (χ2v) is 5.76. The number of fused-ring (bicyclic) bond motifs is 1. The van der Waals surface area contributed by atoms with E-state index in [4.69, 9.17) is 4.74 Å². The summed E-state index contributed by atoms with van der Waals surface area (Å²) < 4.78 is 5.46. The van der Waals surface area contributed by atoms with E-state index in [1.807, 2.05) is 36.9 Å². The molecule has 1 atom stereocenters. The molecule has 0 bridgehead atoms. The van der Waals surface area contributed by atoms with Crippen molar-refractivity contribution < 1.29 is 9.53 Å². The Labute approximate surface area is 127 Å². The molecular weight excluding hydrogens is 264 g/mol. The standard InChI is InChI=1S/C17H26N2O2/c1-4-10-18-15-9-11-19(17(20)12-21-13(2)3)16-8-6-5-7-14(15)16/h5-8,13,15,18H,4,9-12H2,1-3H3. The first kappa shape index (κ1) is 16.0. The van der Waals surface area contributed by atoms with Gasteiger partial charge in [0, 0.05) is 18.3 Å². The van der Waals surface area contributed by atoms with Crippen molar-refractivity contribution in [3.63, 3.8) is 0 Å². The molecular formula is C17H26N2O2. The van der Waals surface area contributed by atoms with Gasteiger partial charge in [0.1, 0.15) is 6.61 Å². The van der Waals surface area contributed by atoms with Gasteiger partial charge in [-0.1, -0.05) is 25.1 Å². The first-order chi connectivity index (χ1) is 10.1. The van der Waals surface area contributed by atoms with E-state index in [-0.39, 0.29) is 18.6 Å². The molecule has 0 radical (unpaired) electrons. The minimum atomic E-state index is 0.0464. The highest BCUT2D eigenvalue weighted by Crippen LogP contribution is 2.33. The zero-order valence-electron chi connectivity index (χ0n) is 13.3. The van der Waals surface area contributed by atoms with Crippen LogP contribution in [-0.2, 0) is 9.53 Å². The van der Waals surface area contributed by atoms with Crippen LogP contribution in [0.25, 0.3) is 0 Å². The highest BCUT2D eigenvalue weighted by atomic mass is 16.5. The number of para-hydroxylation sites is 1. The molecule has 0 spiro atoms. The van der Waals surface area contributed by atoms with Crippen LogP contribution < -0.4 is 10.2 Å². The lowest BCUT2D eigenvalue weighted by molar-refractivity contribution is -0.124. The summed E-state index contributed by atoms with van der Waals surface area (Å²) in [5, 5.41) is 3.57. The summed E-state index contributed by atoms with van der Waals surface area (Å²) in [5.74, 6) is 0.0464. The molecule has 4 heteroatoms. The molecule has 1 aliphatic rings. The summed E-state index contributed by atoms with van der Waals surface area (Å²) in [6.07, 6.45) is 2.14. The van der Waals surface area contributed by atoms with Crippen LogP contribution in [0.1, 0.15) is 45.2 Å². The second-order valence-electron chi connectivity index (χ2n) is 5.76. The van der Waals surface area contributed by atoms with Crippen LogP contribution in [0.2, 0.25) is 0 Å². The molecule has 2 rings (SSSR count). The summed E-state index contributed by atoms with van der Waals surface area (Å²) in [4.78, 5) is 14.2. The topological polar surface area (TPSA) is 41.6 Å². The number of carbonyl (C=O) groups is 1. The Bertz CT molecular complexity index is 474. The van der Waals surface area contributed by atoms with E-state index in [1.54, 1.807) is 0 Å². The Hall–Kier alpha value is -1.39. The maximum Gasteiger partial charge on any atom is 0.252 e. The lowest BCUT2D eigenvalue weighted by atomic mass is 9.96. The van der Waals surface area contributed by atoms with Gasteiger partial charge in [-0.2, -0.15) is 0 Å². The Morgan fingerprint density at radius 3 is 2.90 bits per heavy atom. The lowest BCUT2D eigenvalue weighted by Gasteiger charge is -2.35. The van der Waals surface area contributed by atoms with Gasteiger partial charge >= 0.3 is 0 Å². The van der Waals surface area contributed by atoms with E-state index in [1.165, 1.54) is 5.56 Å². The first-order valence-electron chi connectivity index (χ1n) is 7.87. The number of carbonyl (C=O) groups excluding carboxylic acids is 1. The molecule has 0 saturated heterocycles. The van der Waals surface area contributed by atoms with E-state index in [2.05, 4.69) is 18.3 Å². The Morgan fingerprint density at radius 2 is 2.19 bits per heavy atom. The molecule has 0 aromatic heterocycles. The molecule has 1 aromatic rings. The number of rotatable bonds is 6. The van der Waals surface area contributed by atoms with Crippen molar-refractivity contribution in [2.75, 3.05) is 24.6 Å². The third kappa shape index (κ3) is 4.05. The maximum atomic E-state index is 12.4. The van der Waals surface area contributed by atoms with E-state index in [0.717, 1.165) is 31.6 Å². The lowest BCUT2D eigenvalue weighted by Crippen LogP contribution is -2.41. The van der Waals surface area contributed by atoms with Crippen LogP contribution in [0.3, 0.4) is 0 Å². The minimum Gasteiger partial charge on any atom is -0.369 e. The molecule has 1 unspecified atom stereocenters. The van der Waals surface area contributed by atoms with Gasteiger partial charge in [0.05, 0.1) is 6.10 Å².